The van der Waals surface area contributed by atoms with Crippen molar-refractivity contribution in [1.29, 1.82) is 0 Å². The molecular formula is C34H53NO6. The number of hydrogen-bond acceptors (Lipinski definition) is 7. The van der Waals surface area contributed by atoms with Gasteiger partial charge in [-0.25, -0.2) is 4.99 Å². The van der Waals surface area contributed by atoms with Crippen LogP contribution in [-0.2, 0) is 19.0 Å². The summed E-state index contributed by atoms with van der Waals surface area (Å²) in [7, 11) is 0. The third-order valence-corrected chi connectivity index (χ3v) is 14.8. The molecule has 7 nitrogen and oxygen atoms in total. The fourth-order valence-corrected chi connectivity index (χ4v) is 13.3. The number of fused-ring (bicyclic) bond motifs is 4. The van der Waals surface area contributed by atoms with Gasteiger partial charge in [0.1, 0.15) is 6.10 Å². The SMILES string of the molecule is CC(=O)O[C@@H]([C@H]1C[C@@H](C)[C@H]2C3(N=C(C)OC3[C@@]3(C)[C@@H]4CC[C@H]5C(C)(C)[C@@H](O)CC[C@@]56C[C@@]46CC[C@]23C)O1)C(C)(C)O. The van der Waals surface area contributed by atoms with Crippen LogP contribution in [0, 0.1) is 50.7 Å². The van der Waals surface area contributed by atoms with Crippen LogP contribution in [0.3, 0.4) is 0 Å². The number of aliphatic hydroxyl groups is 2. The van der Waals surface area contributed by atoms with E-state index in [9.17, 15) is 15.0 Å². The molecule has 3 spiro atoms. The predicted octanol–water partition coefficient (Wildman–Crippen LogP) is 5.65. The first kappa shape index (κ1) is 28.6. The molecule has 2 heterocycles. The molecule has 6 fully saturated rings. The first-order chi connectivity index (χ1) is 18.9. The number of ether oxygens (including phenoxy) is 3. The van der Waals surface area contributed by atoms with E-state index in [1.54, 1.807) is 13.8 Å². The fraction of sp³-hybridized carbons (Fsp3) is 0.941. The minimum Gasteiger partial charge on any atom is -0.472 e. The second-order valence-corrected chi connectivity index (χ2v) is 17.2. The van der Waals surface area contributed by atoms with Crippen molar-refractivity contribution in [3.05, 3.63) is 0 Å². The minimum atomic E-state index is -1.26. The molecule has 0 amide bonds. The molecule has 7 aliphatic rings. The zero-order chi connectivity index (χ0) is 29.8. The minimum absolute atomic E-state index is 0.0197. The van der Waals surface area contributed by atoms with Crippen LogP contribution < -0.4 is 0 Å². The van der Waals surface area contributed by atoms with Crippen molar-refractivity contribution in [2.45, 2.75) is 149 Å². The highest BCUT2D eigenvalue weighted by molar-refractivity contribution is 5.76. The van der Waals surface area contributed by atoms with Gasteiger partial charge < -0.3 is 24.4 Å². The van der Waals surface area contributed by atoms with E-state index in [2.05, 4.69) is 34.6 Å². The smallest absolute Gasteiger partial charge is 0.303 e. The van der Waals surface area contributed by atoms with E-state index in [0.717, 1.165) is 25.7 Å². The third-order valence-electron chi connectivity index (χ3n) is 14.8. The number of rotatable bonds is 3. The summed E-state index contributed by atoms with van der Waals surface area (Å²) in [5.74, 6) is 1.78. The molecule has 41 heavy (non-hydrogen) atoms. The Hall–Kier alpha value is -1.18. The molecular weight excluding hydrogens is 518 g/mol. The molecule has 5 aliphatic carbocycles. The number of aliphatic imine (C=N–C) groups is 1. The summed E-state index contributed by atoms with van der Waals surface area (Å²) in [5.41, 5.74) is -1.69. The summed E-state index contributed by atoms with van der Waals surface area (Å²) in [6, 6.07) is 0. The first-order valence-electron chi connectivity index (χ1n) is 16.4. The molecule has 0 aromatic rings. The lowest BCUT2D eigenvalue weighted by Gasteiger charge is -2.63. The summed E-state index contributed by atoms with van der Waals surface area (Å²) in [4.78, 5) is 17.4. The molecule has 0 bridgehead atoms. The second-order valence-electron chi connectivity index (χ2n) is 17.2. The molecule has 7 heteroatoms. The highest BCUT2D eigenvalue weighted by Crippen LogP contribution is 2.90. The molecule has 13 atom stereocenters. The fourth-order valence-electron chi connectivity index (χ4n) is 13.3. The van der Waals surface area contributed by atoms with Gasteiger partial charge in [0.25, 0.3) is 0 Å². The molecule has 0 aromatic heterocycles. The number of nitrogens with zero attached hydrogens (tertiary/aromatic N) is 1. The molecule has 2 aliphatic heterocycles. The van der Waals surface area contributed by atoms with Gasteiger partial charge in [-0.1, -0.05) is 34.6 Å². The van der Waals surface area contributed by atoms with Gasteiger partial charge in [0, 0.05) is 25.2 Å². The standard InChI is InChI=1S/C34H53NO6/c1-18-16-21(26(29(6,7)38)40-20(3)36)41-34-25(18)30(8)14-15-33-17-32(33)13-12-24(37)28(4,5)22(32)10-11-23(33)31(30,9)27(34)39-19(2)35-34/h18,21-27,37-38H,10-17H2,1-9H3/t18-,21-,22+,23+,24+,25-,26+,27?,30-,31-,32-,33+,34?/m1/s1. The lowest BCUT2D eigenvalue weighted by atomic mass is 9.41. The maximum absolute atomic E-state index is 12.2. The highest BCUT2D eigenvalue weighted by atomic mass is 16.6. The van der Waals surface area contributed by atoms with Gasteiger partial charge in [0.15, 0.2) is 18.1 Å². The Balaban J connectivity index is 1.31. The Bertz CT molecular complexity index is 1190. The van der Waals surface area contributed by atoms with E-state index in [0.29, 0.717) is 35.0 Å². The molecule has 1 saturated heterocycles. The average Bonchev–Trinajstić information content (AvgIpc) is 3.36. The molecule has 5 saturated carbocycles. The van der Waals surface area contributed by atoms with Crippen molar-refractivity contribution in [2.75, 3.05) is 0 Å². The molecule has 7 rings (SSSR count). The number of carbonyl (C=O) groups excluding carboxylic acids is 1. The van der Waals surface area contributed by atoms with Gasteiger partial charge in [0.05, 0.1) is 11.7 Å². The molecule has 2 N–H and O–H groups in total. The van der Waals surface area contributed by atoms with Gasteiger partial charge in [-0.05, 0) is 105 Å². The summed E-state index contributed by atoms with van der Waals surface area (Å²) < 4.78 is 19.8. The van der Waals surface area contributed by atoms with Gasteiger partial charge in [-0.3, -0.25) is 4.79 Å². The van der Waals surface area contributed by atoms with Crippen molar-refractivity contribution in [2.24, 2.45) is 55.7 Å². The quantitative estimate of drug-likeness (QED) is 0.425. The van der Waals surface area contributed by atoms with Crippen molar-refractivity contribution in [3.63, 3.8) is 0 Å². The zero-order valence-corrected chi connectivity index (χ0v) is 26.8. The van der Waals surface area contributed by atoms with E-state index in [4.69, 9.17) is 19.2 Å². The zero-order valence-electron chi connectivity index (χ0n) is 26.8. The summed E-state index contributed by atoms with van der Waals surface area (Å²) >= 11 is 0. The topological polar surface area (TPSA) is 97.6 Å². The van der Waals surface area contributed by atoms with E-state index in [1.165, 1.54) is 26.2 Å². The number of carbonyl (C=O) groups is 1. The van der Waals surface area contributed by atoms with Gasteiger partial charge >= 0.3 is 5.97 Å². The molecule has 0 aromatic carbocycles. The van der Waals surface area contributed by atoms with E-state index < -0.39 is 29.5 Å². The average molecular weight is 572 g/mol. The Kier molecular flexibility index (Phi) is 5.64. The molecule has 0 radical (unpaired) electrons. The van der Waals surface area contributed by atoms with Crippen molar-refractivity contribution < 1.29 is 29.2 Å². The van der Waals surface area contributed by atoms with E-state index >= 15 is 0 Å². The highest BCUT2D eigenvalue weighted by Gasteiger charge is 2.88. The lowest BCUT2D eigenvalue weighted by Crippen LogP contribution is -2.60. The third kappa shape index (κ3) is 3.17. The van der Waals surface area contributed by atoms with Crippen LogP contribution in [-0.4, -0.2) is 57.8 Å². The number of hydrogen-bond donors (Lipinski definition) is 2. The Morgan fingerprint density at radius 3 is 2.39 bits per heavy atom. The maximum Gasteiger partial charge on any atom is 0.303 e. The monoisotopic (exact) mass is 571 g/mol. The molecule has 230 valence electrons. The Morgan fingerprint density at radius 2 is 1.73 bits per heavy atom. The summed E-state index contributed by atoms with van der Waals surface area (Å²) in [6.07, 6.45) is 7.06. The normalized spacial score (nSPS) is 55.1. The van der Waals surface area contributed by atoms with Crippen LogP contribution in [0.2, 0.25) is 0 Å². The summed E-state index contributed by atoms with van der Waals surface area (Å²) in [6.45, 7) is 18.7. The van der Waals surface area contributed by atoms with Crippen LogP contribution >= 0.6 is 0 Å². The number of esters is 1. The van der Waals surface area contributed by atoms with Crippen LogP contribution in [0.4, 0.5) is 0 Å². The maximum atomic E-state index is 12.2. The predicted molar refractivity (Wildman–Crippen MR) is 155 cm³/mol. The van der Waals surface area contributed by atoms with Crippen molar-refractivity contribution >= 4 is 11.9 Å². The van der Waals surface area contributed by atoms with Gasteiger partial charge in [-0.2, -0.15) is 0 Å². The lowest BCUT2D eigenvalue weighted by molar-refractivity contribution is -0.247. The Labute approximate surface area is 246 Å². The van der Waals surface area contributed by atoms with Gasteiger partial charge in [-0.15, -0.1) is 0 Å². The number of aliphatic hydroxyl groups excluding tert-OH is 1. The van der Waals surface area contributed by atoms with Gasteiger partial charge in [0.2, 0.25) is 5.72 Å². The Morgan fingerprint density at radius 1 is 1.07 bits per heavy atom. The van der Waals surface area contributed by atoms with E-state index in [-0.39, 0.29) is 40.3 Å². The van der Waals surface area contributed by atoms with Crippen LogP contribution in [0.1, 0.15) is 114 Å². The van der Waals surface area contributed by atoms with Crippen LogP contribution in [0.25, 0.3) is 0 Å². The molecule has 2 unspecified atom stereocenters. The van der Waals surface area contributed by atoms with Crippen LogP contribution in [0.5, 0.6) is 0 Å². The first-order valence-corrected chi connectivity index (χ1v) is 16.4. The van der Waals surface area contributed by atoms with Crippen molar-refractivity contribution in [3.8, 4) is 0 Å². The summed E-state index contributed by atoms with van der Waals surface area (Å²) in [5, 5.41) is 22.2. The van der Waals surface area contributed by atoms with Crippen LogP contribution in [0.15, 0.2) is 4.99 Å². The second kappa shape index (κ2) is 8.10. The largest absolute Gasteiger partial charge is 0.472 e. The van der Waals surface area contributed by atoms with E-state index in [1.807, 2.05) is 6.92 Å². The van der Waals surface area contributed by atoms with Crippen molar-refractivity contribution in [1.82, 2.24) is 0 Å².